The summed E-state index contributed by atoms with van der Waals surface area (Å²) in [6, 6.07) is 4.02. The summed E-state index contributed by atoms with van der Waals surface area (Å²) in [6.45, 7) is 1.65. The molecule has 0 saturated heterocycles. The Morgan fingerprint density at radius 1 is 1.45 bits per heavy atom. The van der Waals surface area contributed by atoms with Crippen LogP contribution in [0.2, 0.25) is 0 Å². The minimum absolute atomic E-state index is 0.0292. The van der Waals surface area contributed by atoms with Crippen molar-refractivity contribution in [2.45, 2.75) is 19.8 Å². The van der Waals surface area contributed by atoms with Crippen LogP contribution in [-0.4, -0.2) is 21.9 Å². The van der Waals surface area contributed by atoms with E-state index in [1.165, 1.54) is 18.2 Å². The number of halogens is 1. The zero-order chi connectivity index (χ0) is 15.3. The van der Waals surface area contributed by atoms with Gasteiger partial charge in [-0.25, -0.2) is 0 Å². The van der Waals surface area contributed by atoms with Crippen molar-refractivity contribution >= 4 is 39.2 Å². The van der Waals surface area contributed by atoms with E-state index in [0.717, 1.165) is 0 Å². The Hall–Kier alpha value is -1.96. The number of carboxylic acid groups (broad SMARTS) is 1. The van der Waals surface area contributed by atoms with E-state index in [2.05, 4.69) is 21.2 Å². The summed E-state index contributed by atoms with van der Waals surface area (Å²) in [4.78, 5) is 32.4. The lowest BCUT2D eigenvalue weighted by atomic mass is 10.0. The number of nitro groups is 1. The highest BCUT2D eigenvalue weighted by Crippen LogP contribution is 2.27. The fourth-order valence-electron chi connectivity index (χ4n) is 1.61. The van der Waals surface area contributed by atoms with Gasteiger partial charge in [-0.15, -0.1) is 0 Å². The molecule has 0 aromatic heterocycles. The maximum Gasteiger partial charge on any atom is 0.303 e. The lowest BCUT2D eigenvalue weighted by Crippen LogP contribution is -2.17. The molecule has 0 aliphatic rings. The van der Waals surface area contributed by atoms with Crippen LogP contribution in [0.15, 0.2) is 22.7 Å². The number of benzene rings is 1. The largest absolute Gasteiger partial charge is 0.481 e. The molecule has 1 unspecified atom stereocenters. The summed E-state index contributed by atoms with van der Waals surface area (Å²) >= 11 is 3.18. The van der Waals surface area contributed by atoms with Gasteiger partial charge in [0.1, 0.15) is 0 Å². The minimum Gasteiger partial charge on any atom is -0.481 e. The Morgan fingerprint density at radius 2 is 2.10 bits per heavy atom. The number of non-ortho nitro benzene ring substituents is 1. The first-order chi connectivity index (χ1) is 9.29. The molecule has 1 aromatic rings. The Morgan fingerprint density at radius 3 is 2.65 bits per heavy atom. The molecule has 0 bridgehead atoms. The van der Waals surface area contributed by atoms with Crippen molar-refractivity contribution in [2.75, 3.05) is 5.32 Å². The molecule has 0 aliphatic heterocycles. The number of aliphatic carboxylic acids is 1. The molecular formula is C12H13BrN2O5. The minimum atomic E-state index is -0.971. The number of hydrogen-bond donors (Lipinski definition) is 2. The van der Waals surface area contributed by atoms with Crippen molar-refractivity contribution in [3.8, 4) is 0 Å². The zero-order valence-electron chi connectivity index (χ0n) is 10.6. The Labute approximate surface area is 123 Å². The van der Waals surface area contributed by atoms with E-state index in [9.17, 15) is 19.7 Å². The molecule has 0 heterocycles. The number of carbonyl (C=O) groups is 2. The second-order valence-corrected chi connectivity index (χ2v) is 5.23. The number of amides is 1. The van der Waals surface area contributed by atoms with Crippen molar-refractivity contribution in [2.24, 2.45) is 5.92 Å². The van der Waals surface area contributed by atoms with E-state index in [0.29, 0.717) is 4.47 Å². The number of anilines is 1. The molecule has 0 aliphatic carbocycles. The molecule has 108 valence electrons. The molecule has 0 radical (unpaired) electrons. The third-order valence-electron chi connectivity index (χ3n) is 2.49. The van der Waals surface area contributed by atoms with Gasteiger partial charge < -0.3 is 10.4 Å². The molecule has 0 fully saturated rings. The van der Waals surface area contributed by atoms with E-state index in [1.807, 2.05) is 0 Å². The van der Waals surface area contributed by atoms with Gasteiger partial charge in [-0.05, 0) is 27.9 Å². The first kappa shape index (κ1) is 16.1. The number of carboxylic acids is 1. The summed E-state index contributed by atoms with van der Waals surface area (Å²) < 4.78 is 0.516. The third-order valence-corrected chi connectivity index (χ3v) is 3.18. The molecule has 2 N–H and O–H groups in total. The van der Waals surface area contributed by atoms with Crippen LogP contribution in [0.1, 0.15) is 19.8 Å². The van der Waals surface area contributed by atoms with Crippen LogP contribution in [0.3, 0.4) is 0 Å². The van der Waals surface area contributed by atoms with Crippen LogP contribution < -0.4 is 5.32 Å². The molecule has 7 nitrogen and oxygen atoms in total. The fraction of sp³-hybridized carbons (Fsp3) is 0.333. The second kappa shape index (κ2) is 6.99. The van der Waals surface area contributed by atoms with E-state index >= 15 is 0 Å². The van der Waals surface area contributed by atoms with Crippen molar-refractivity contribution in [1.82, 2.24) is 0 Å². The maximum absolute atomic E-state index is 11.7. The topological polar surface area (TPSA) is 110 Å². The van der Waals surface area contributed by atoms with Crippen LogP contribution >= 0.6 is 15.9 Å². The molecular weight excluding hydrogens is 332 g/mol. The first-order valence-corrected chi connectivity index (χ1v) is 6.54. The highest BCUT2D eigenvalue weighted by molar-refractivity contribution is 9.10. The van der Waals surface area contributed by atoms with Crippen molar-refractivity contribution in [3.05, 3.63) is 32.8 Å². The van der Waals surface area contributed by atoms with Crippen LogP contribution in [0.25, 0.3) is 0 Å². The van der Waals surface area contributed by atoms with Gasteiger partial charge in [-0.2, -0.15) is 0 Å². The molecule has 0 saturated carbocycles. The highest BCUT2D eigenvalue weighted by atomic mass is 79.9. The quantitative estimate of drug-likeness (QED) is 0.609. The van der Waals surface area contributed by atoms with Crippen molar-refractivity contribution in [1.29, 1.82) is 0 Å². The van der Waals surface area contributed by atoms with Crippen LogP contribution in [-0.2, 0) is 9.59 Å². The summed E-state index contributed by atoms with van der Waals surface area (Å²) in [6.07, 6.45) is -0.0784. The number of carbonyl (C=O) groups excluding carboxylic acids is 1. The summed E-state index contributed by atoms with van der Waals surface area (Å²) in [5.74, 6) is -1.67. The first-order valence-electron chi connectivity index (χ1n) is 5.75. The Bertz CT molecular complexity index is 547. The lowest BCUT2D eigenvalue weighted by Gasteiger charge is -2.10. The van der Waals surface area contributed by atoms with Crippen LogP contribution in [0.4, 0.5) is 11.4 Å². The number of rotatable bonds is 6. The molecule has 1 aromatic carbocycles. The van der Waals surface area contributed by atoms with Crippen LogP contribution in [0.5, 0.6) is 0 Å². The van der Waals surface area contributed by atoms with Crippen molar-refractivity contribution in [3.63, 3.8) is 0 Å². The molecule has 20 heavy (non-hydrogen) atoms. The Balaban J connectivity index is 2.72. The Kier molecular flexibility index (Phi) is 5.63. The highest BCUT2D eigenvalue weighted by Gasteiger charge is 2.15. The maximum atomic E-state index is 11.7. The molecule has 8 heteroatoms. The predicted octanol–water partition coefficient (Wildman–Crippen LogP) is 2.80. The van der Waals surface area contributed by atoms with E-state index < -0.39 is 10.9 Å². The average molecular weight is 345 g/mol. The second-order valence-electron chi connectivity index (χ2n) is 4.38. The zero-order valence-corrected chi connectivity index (χ0v) is 12.2. The summed E-state index contributed by atoms with van der Waals surface area (Å²) in [5.41, 5.74) is 0.147. The molecule has 1 atom stereocenters. The molecule has 1 rings (SSSR count). The van der Waals surface area contributed by atoms with E-state index in [-0.39, 0.29) is 36.0 Å². The number of nitro benzene ring substituents is 1. The van der Waals surface area contributed by atoms with Gasteiger partial charge in [0.25, 0.3) is 5.69 Å². The normalized spacial score (nSPS) is 11.7. The fourth-order valence-corrected chi connectivity index (χ4v) is 1.96. The average Bonchev–Trinajstić information content (AvgIpc) is 2.30. The predicted molar refractivity (Wildman–Crippen MR) is 75.5 cm³/mol. The van der Waals surface area contributed by atoms with Crippen molar-refractivity contribution < 1.29 is 19.6 Å². The summed E-state index contributed by atoms with van der Waals surface area (Å²) in [7, 11) is 0. The van der Waals surface area contributed by atoms with Crippen LogP contribution in [0, 0.1) is 16.0 Å². The smallest absolute Gasteiger partial charge is 0.303 e. The summed E-state index contributed by atoms with van der Waals surface area (Å²) in [5, 5.41) is 21.8. The lowest BCUT2D eigenvalue weighted by molar-refractivity contribution is -0.384. The third kappa shape index (κ3) is 4.96. The number of nitrogens with one attached hydrogen (secondary N) is 1. The van der Waals surface area contributed by atoms with Gasteiger partial charge >= 0.3 is 5.97 Å². The standard InChI is InChI=1S/C12H13BrN2O5/c1-7(5-12(17)18)4-11(16)14-10-6-8(15(19)20)2-3-9(10)13/h2-3,6-7H,4-5H2,1H3,(H,14,16)(H,17,18). The van der Waals surface area contributed by atoms with Gasteiger partial charge in [-0.3, -0.25) is 19.7 Å². The van der Waals surface area contributed by atoms with Gasteiger partial charge in [0.2, 0.25) is 5.91 Å². The monoisotopic (exact) mass is 344 g/mol. The number of nitrogens with zero attached hydrogens (tertiary/aromatic N) is 1. The SMILES string of the molecule is CC(CC(=O)O)CC(=O)Nc1cc([N+](=O)[O-])ccc1Br. The number of hydrogen-bond acceptors (Lipinski definition) is 4. The van der Waals surface area contributed by atoms with Gasteiger partial charge in [0.05, 0.1) is 10.6 Å². The van der Waals surface area contributed by atoms with E-state index in [1.54, 1.807) is 6.92 Å². The van der Waals surface area contributed by atoms with E-state index in [4.69, 9.17) is 5.11 Å². The molecule has 0 spiro atoms. The van der Waals surface area contributed by atoms with Gasteiger partial charge in [0.15, 0.2) is 0 Å². The van der Waals surface area contributed by atoms with Gasteiger partial charge in [-0.1, -0.05) is 6.92 Å². The van der Waals surface area contributed by atoms with Gasteiger partial charge in [0, 0.05) is 29.4 Å². The molecule has 1 amide bonds.